The molecule has 2 fully saturated rings. The van der Waals surface area contributed by atoms with E-state index in [1.807, 2.05) is 0 Å². The average molecular weight is 244 g/mol. The summed E-state index contributed by atoms with van der Waals surface area (Å²) in [5, 5.41) is 3.44. The van der Waals surface area contributed by atoms with E-state index in [4.69, 9.17) is 11.2 Å². The van der Waals surface area contributed by atoms with Crippen molar-refractivity contribution in [2.24, 2.45) is 5.41 Å². The second-order valence-corrected chi connectivity index (χ2v) is 4.96. The van der Waals surface area contributed by atoms with Gasteiger partial charge >= 0.3 is 0 Å². The van der Waals surface area contributed by atoms with Crippen LogP contribution in [0, 0.1) is 17.8 Å². The number of halogens is 1. The minimum absolute atomic E-state index is 0. The lowest BCUT2D eigenvalue weighted by Gasteiger charge is -2.42. The van der Waals surface area contributed by atoms with Crippen molar-refractivity contribution >= 4 is 12.4 Å². The molecule has 1 heterocycles. The van der Waals surface area contributed by atoms with Crippen molar-refractivity contribution in [1.82, 2.24) is 5.32 Å². The standard InChI is InChI=1S/C13H21NO.ClH/c1-2-11-15-12-3-5-13(6-4-12)7-9-14-10-8-13;/h1,12,14H,3-11H2;1H. The van der Waals surface area contributed by atoms with Gasteiger partial charge in [0.2, 0.25) is 0 Å². The third kappa shape index (κ3) is 3.38. The van der Waals surface area contributed by atoms with Gasteiger partial charge in [-0.1, -0.05) is 5.92 Å². The van der Waals surface area contributed by atoms with Crippen LogP contribution >= 0.6 is 12.4 Å². The molecule has 1 saturated carbocycles. The summed E-state index contributed by atoms with van der Waals surface area (Å²) >= 11 is 0. The third-order valence-electron chi connectivity index (χ3n) is 4.06. The molecule has 2 aliphatic rings. The van der Waals surface area contributed by atoms with Gasteiger partial charge in [-0.2, -0.15) is 0 Å². The van der Waals surface area contributed by atoms with Crippen LogP contribution in [0.25, 0.3) is 0 Å². The number of hydrogen-bond acceptors (Lipinski definition) is 2. The van der Waals surface area contributed by atoms with E-state index in [-0.39, 0.29) is 12.4 Å². The number of hydrogen-bond donors (Lipinski definition) is 1. The lowest BCUT2D eigenvalue weighted by Crippen LogP contribution is -2.40. The molecule has 0 bridgehead atoms. The third-order valence-corrected chi connectivity index (χ3v) is 4.06. The molecule has 1 aliphatic carbocycles. The Morgan fingerprint density at radius 1 is 1.19 bits per heavy atom. The molecule has 92 valence electrons. The van der Waals surface area contributed by atoms with Crippen LogP contribution in [-0.4, -0.2) is 25.8 Å². The summed E-state index contributed by atoms with van der Waals surface area (Å²) in [7, 11) is 0. The Labute approximate surface area is 105 Å². The molecular formula is C13H22ClNO. The fourth-order valence-electron chi connectivity index (χ4n) is 2.99. The van der Waals surface area contributed by atoms with E-state index < -0.39 is 0 Å². The van der Waals surface area contributed by atoms with Gasteiger partial charge in [0.15, 0.2) is 0 Å². The van der Waals surface area contributed by atoms with Gasteiger partial charge in [-0.15, -0.1) is 18.8 Å². The second kappa shape index (κ2) is 6.49. The molecular weight excluding hydrogens is 222 g/mol. The van der Waals surface area contributed by atoms with Crippen molar-refractivity contribution in [2.75, 3.05) is 19.7 Å². The Bertz CT molecular complexity index is 233. The lowest BCUT2D eigenvalue weighted by atomic mass is 9.68. The van der Waals surface area contributed by atoms with Crippen molar-refractivity contribution in [1.29, 1.82) is 0 Å². The molecule has 0 amide bonds. The molecule has 2 rings (SSSR count). The van der Waals surface area contributed by atoms with Crippen molar-refractivity contribution in [2.45, 2.75) is 44.6 Å². The van der Waals surface area contributed by atoms with Crippen molar-refractivity contribution in [3.8, 4) is 12.3 Å². The number of nitrogens with one attached hydrogen (secondary N) is 1. The Morgan fingerprint density at radius 3 is 2.38 bits per heavy atom. The summed E-state index contributed by atoms with van der Waals surface area (Å²) in [5.41, 5.74) is 0.640. The van der Waals surface area contributed by atoms with Crippen LogP contribution in [0.2, 0.25) is 0 Å². The highest BCUT2D eigenvalue weighted by atomic mass is 35.5. The maximum atomic E-state index is 5.61. The molecule has 2 nitrogen and oxygen atoms in total. The second-order valence-electron chi connectivity index (χ2n) is 4.96. The van der Waals surface area contributed by atoms with Crippen molar-refractivity contribution < 1.29 is 4.74 Å². The minimum atomic E-state index is 0. The quantitative estimate of drug-likeness (QED) is 0.752. The van der Waals surface area contributed by atoms with Crippen LogP contribution in [0.15, 0.2) is 0 Å². The van der Waals surface area contributed by atoms with E-state index in [1.54, 1.807) is 0 Å². The SMILES string of the molecule is C#CCOC1CCC2(CCNCC2)CC1.Cl. The first-order chi connectivity index (χ1) is 7.35. The van der Waals surface area contributed by atoms with Gasteiger partial charge in [0.25, 0.3) is 0 Å². The fraction of sp³-hybridized carbons (Fsp3) is 0.846. The Kier molecular flexibility index (Phi) is 5.61. The summed E-state index contributed by atoms with van der Waals surface area (Å²) in [6.07, 6.45) is 13.4. The first-order valence-corrected chi connectivity index (χ1v) is 6.10. The highest BCUT2D eigenvalue weighted by Crippen LogP contribution is 2.43. The Balaban J connectivity index is 0.00000128. The monoisotopic (exact) mass is 243 g/mol. The summed E-state index contributed by atoms with van der Waals surface area (Å²) in [4.78, 5) is 0. The Morgan fingerprint density at radius 2 is 1.81 bits per heavy atom. The molecule has 1 saturated heterocycles. The molecule has 16 heavy (non-hydrogen) atoms. The van der Waals surface area contributed by atoms with Crippen LogP contribution in [-0.2, 0) is 4.74 Å². The summed E-state index contributed by atoms with van der Waals surface area (Å²) in [6, 6.07) is 0. The highest BCUT2D eigenvalue weighted by Gasteiger charge is 2.36. The van der Waals surface area contributed by atoms with E-state index in [1.165, 1.54) is 51.6 Å². The minimum Gasteiger partial charge on any atom is -0.366 e. The highest BCUT2D eigenvalue weighted by molar-refractivity contribution is 5.85. The summed E-state index contributed by atoms with van der Waals surface area (Å²) in [5.74, 6) is 2.55. The van der Waals surface area contributed by atoms with Gasteiger partial charge in [-0.3, -0.25) is 0 Å². The van der Waals surface area contributed by atoms with Gasteiger partial charge < -0.3 is 10.1 Å². The van der Waals surface area contributed by atoms with E-state index in [0.29, 0.717) is 18.1 Å². The lowest BCUT2D eigenvalue weighted by molar-refractivity contribution is 0.00164. The van der Waals surface area contributed by atoms with Crippen molar-refractivity contribution in [3.05, 3.63) is 0 Å². The molecule has 1 spiro atoms. The summed E-state index contributed by atoms with van der Waals surface area (Å²) in [6.45, 7) is 2.89. The van der Waals surface area contributed by atoms with Crippen LogP contribution in [0.3, 0.4) is 0 Å². The molecule has 0 aromatic rings. The molecule has 1 aliphatic heterocycles. The maximum Gasteiger partial charge on any atom is 0.107 e. The number of rotatable bonds is 2. The molecule has 0 atom stereocenters. The van der Waals surface area contributed by atoms with Gasteiger partial charge in [-0.25, -0.2) is 0 Å². The van der Waals surface area contributed by atoms with E-state index in [2.05, 4.69) is 11.2 Å². The maximum absolute atomic E-state index is 5.61. The molecule has 0 radical (unpaired) electrons. The number of piperidine rings is 1. The van der Waals surface area contributed by atoms with Gasteiger partial charge in [0.1, 0.15) is 6.61 Å². The topological polar surface area (TPSA) is 21.3 Å². The number of ether oxygens (including phenoxy) is 1. The van der Waals surface area contributed by atoms with Crippen LogP contribution in [0.5, 0.6) is 0 Å². The first kappa shape index (κ1) is 13.8. The van der Waals surface area contributed by atoms with Crippen LogP contribution in [0.4, 0.5) is 0 Å². The van der Waals surface area contributed by atoms with Crippen molar-refractivity contribution in [3.63, 3.8) is 0 Å². The zero-order valence-corrected chi connectivity index (χ0v) is 10.7. The van der Waals surface area contributed by atoms with Crippen LogP contribution < -0.4 is 5.32 Å². The van der Waals surface area contributed by atoms with Gasteiger partial charge in [-0.05, 0) is 57.0 Å². The smallest absolute Gasteiger partial charge is 0.107 e. The fourth-order valence-corrected chi connectivity index (χ4v) is 2.99. The average Bonchev–Trinajstić information content (AvgIpc) is 2.30. The summed E-state index contributed by atoms with van der Waals surface area (Å²) < 4.78 is 5.61. The predicted molar refractivity (Wildman–Crippen MR) is 68.8 cm³/mol. The molecule has 0 aromatic heterocycles. The molecule has 3 heteroatoms. The normalized spacial score (nSPS) is 24.7. The molecule has 0 unspecified atom stereocenters. The van der Waals surface area contributed by atoms with E-state index >= 15 is 0 Å². The van der Waals surface area contributed by atoms with E-state index in [0.717, 1.165) is 0 Å². The largest absolute Gasteiger partial charge is 0.366 e. The molecule has 0 aromatic carbocycles. The first-order valence-electron chi connectivity index (χ1n) is 6.10. The predicted octanol–water partition coefficient (Wildman–Crippen LogP) is 2.37. The van der Waals surface area contributed by atoms with Gasteiger partial charge in [0.05, 0.1) is 6.10 Å². The zero-order valence-electron chi connectivity index (χ0n) is 9.84. The van der Waals surface area contributed by atoms with Gasteiger partial charge in [0, 0.05) is 0 Å². The Hall–Kier alpha value is -0.230. The molecule has 1 N–H and O–H groups in total. The van der Waals surface area contributed by atoms with E-state index in [9.17, 15) is 0 Å². The zero-order chi connectivity index (χ0) is 10.6. The number of terminal acetylenes is 1. The van der Waals surface area contributed by atoms with Crippen LogP contribution in [0.1, 0.15) is 38.5 Å².